The molecule has 1 saturated heterocycles. The van der Waals surface area contributed by atoms with Gasteiger partial charge in [-0.15, -0.1) is 11.3 Å². The number of urea groups is 1. The predicted octanol–water partition coefficient (Wildman–Crippen LogP) is 0.651. The zero-order chi connectivity index (χ0) is 19.4. The van der Waals surface area contributed by atoms with E-state index in [1.807, 2.05) is 49.7 Å². The number of hydrogen-bond donors (Lipinski definition) is 3. The highest BCUT2D eigenvalue weighted by Crippen LogP contribution is 2.31. The van der Waals surface area contributed by atoms with E-state index in [0.717, 1.165) is 9.91 Å². The number of hydrazine groups is 1. The summed E-state index contributed by atoms with van der Waals surface area (Å²) in [6, 6.07) is 12.4. The third kappa shape index (κ3) is 3.86. The van der Waals surface area contributed by atoms with Gasteiger partial charge in [-0.3, -0.25) is 15.0 Å². The van der Waals surface area contributed by atoms with Gasteiger partial charge in [-0.2, -0.15) is 5.01 Å². The summed E-state index contributed by atoms with van der Waals surface area (Å²) in [5, 5.41) is 5.54. The van der Waals surface area contributed by atoms with Crippen molar-refractivity contribution in [2.45, 2.75) is 25.4 Å². The molecule has 0 aliphatic carbocycles. The van der Waals surface area contributed by atoms with E-state index in [1.165, 1.54) is 4.88 Å². The molecular weight excluding hydrogens is 364 g/mol. The predicted molar refractivity (Wildman–Crippen MR) is 102 cm³/mol. The highest BCUT2D eigenvalue weighted by molar-refractivity contribution is 7.09. The highest BCUT2D eigenvalue weighted by Gasteiger charge is 2.52. The number of hydrogen-bond acceptors (Lipinski definition) is 4. The lowest BCUT2D eigenvalue weighted by atomic mass is 9.87. The van der Waals surface area contributed by atoms with Crippen LogP contribution in [0.4, 0.5) is 4.79 Å². The smallest absolute Gasteiger partial charge is 0.325 e. The Balaban J connectivity index is 1.67. The van der Waals surface area contributed by atoms with E-state index in [9.17, 15) is 14.4 Å². The quantitative estimate of drug-likeness (QED) is 0.610. The molecule has 3 N–H and O–H groups in total. The maximum atomic E-state index is 13.0. The number of imide groups is 1. The van der Waals surface area contributed by atoms with Crippen LogP contribution < -0.4 is 15.6 Å². The molecule has 27 heavy (non-hydrogen) atoms. The number of rotatable bonds is 7. The van der Waals surface area contributed by atoms with Gasteiger partial charge in [0.15, 0.2) is 6.54 Å². The Kier molecular flexibility index (Phi) is 5.57. The summed E-state index contributed by atoms with van der Waals surface area (Å²) in [7, 11) is 1.89. The van der Waals surface area contributed by atoms with Crippen molar-refractivity contribution in [1.29, 1.82) is 0 Å². The number of carbonyl (C=O) groups excluding carboxylic acids is 3. The summed E-state index contributed by atoms with van der Waals surface area (Å²) >= 11 is 1.63. The Bertz CT molecular complexity index is 825. The normalized spacial score (nSPS) is 20.4. The molecule has 2 atom stereocenters. The standard InChI is InChI=1S/C19H22N4O3S/c1-3-19(14-8-5-4-6-9-14)17(25)23(18(26)20-19)21-16(24)13-22(2)12-15-10-7-11-27-15/h4-11H,3,12-13H2,1-2H3,(H,20,26)(H,21,24)/p+1/t19-/m0/s1. The zero-order valence-electron chi connectivity index (χ0n) is 15.3. The fraction of sp³-hybridized carbons (Fsp3) is 0.316. The number of benzene rings is 1. The SMILES string of the molecule is CC[C@@]1(c2ccccc2)NC(=O)N(NC(=O)C[NH+](C)Cc2cccs2)C1=O. The summed E-state index contributed by atoms with van der Waals surface area (Å²) in [5.74, 6) is -0.849. The van der Waals surface area contributed by atoms with Crippen molar-refractivity contribution >= 4 is 29.2 Å². The third-order valence-corrected chi connectivity index (χ3v) is 5.52. The van der Waals surface area contributed by atoms with Crippen LogP contribution in [0.15, 0.2) is 47.8 Å². The first-order valence-corrected chi connectivity index (χ1v) is 9.69. The van der Waals surface area contributed by atoms with Gasteiger partial charge in [-0.1, -0.05) is 43.3 Å². The maximum Gasteiger partial charge on any atom is 0.344 e. The van der Waals surface area contributed by atoms with Crippen molar-refractivity contribution in [2.24, 2.45) is 0 Å². The molecule has 1 fully saturated rings. The van der Waals surface area contributed by atoms with Crippen LogP contribution in [0.2, 0.25) is 0 Å². The molecule has 0 radical (unpaired) electrons. The van der Waals surface area contributed by atoms with Crippen LogP contribution in [-0.2, 0) is 21.7 Å². The van der Waals surface area contributed by atoms with Gasteiger partial charge in [0.25, 0.3) is 11.8 Å². The molecule has 0 bridgehead atoms. The summed E-state index contributed by atoms with van der Waals surface area (Å²) < 4.78 is 0. The number of thiophene rings is 1. The Morgan fingerprint density at radius 1 is 1.22 bits per heavy atom. The van der Waals surface area contributed by atoms with Gasteiger partial charge in [0.1, 0.15) is 12.1 Å². The van der Waals surface area contributed by atoms with E-state index in [0.29, 0.717) is 18.5 Å². The van der Waals surface area contributed by atoms with Crippen LogP contribution >= 0.6 is 11.3 Å². The van der Waals surface area contributed by atoms with Gasteiger partial charge in [-0.25, -0.2) is 4.79 Å². The number of amides is 4. The molecule has 0 saturated carbocycles. The van der Waals surface area contributed by atoms with Crippen LogP contribution in [0, 0.1) is 0 Å². The lowest BCUT2D eigenvalue weighted by Gasteiger charge is -2.25. The molecule has 4 amide bonds. The van der Waals surface area contributed by atoms with E-state index in [-0.39, 0.29) is 12.5 Å². The van der Waals surface area contributed by atoms with Crippen LogP contribution in [0.5, 0.6) is 0 Å². The molecule has 1 unspecified atom stereocenters. The molecule has 2 aromatic rings. The van der Waals surface area contributed by atoms with Crippen molar-refractivity contribution in [3.8, 4) is 0 Å². The van der Waals surface area contributed by atoms with Gasteiger partial charge in [0, 0.05) is 0 Å². The molecule has 3 rings (SSSR count). The minimum atomic E-state index is -1.15. The Morgan fingerprint density at radius 2 is 1.96 bits per heavy atom. The largest absolute Gasteiger partial charge is 0.344 e. The van der Waals surface area contributed by atoms with Crippen molar-refractivity contribution in [2.75, 3.05) is 13.6 Å². The van der Waals surface area contributed by atoms with Gasteiger partial charge in [0.2, 0.25) is 0 Å². The second-order valence-corrected chi connectivity index (χ2v) is 7.65. The first-order valence-electron chi connectivity index (χ1n) is 8.81. The molecule has 1 aliphatic rings. The molecule has 1 aromatic carbocycles. The van der Waals surface area contributed by atoms with Crippen molar-refractivity contribution < 1.29 is 19.3 Å². The Labute approximate surface area is 161 Å². The zero-order valence-corrected chi connectivity index (χ0v) is 16.1. The van der Waals surface area contributed by atoms with Gasteiger partial charge >= 0.3 is 6.03 Å². The lowest BCUT2D eigenvalue weighted by molar-refractivity contribution is -0.885. The van der Waals surface area contributed by atoms with Crippen molar-refractivity contribution in [3.05, 3.63) is 58.3 Å². The fourth-order valence-corrected chi connectivity index (χ4v) is 4.07. The number of nitrogens with one attached hydrogen (secondary N) is 3. The topological polar surface area (TPSA) is 83.0 Å². The van der Waals surface area contributed by atoms with Gasteiger partial charge < -0.3 is 10.2 Å². The monoisotopic (exact) mass is 387 g/mol. The number of quaternary nitrogens is 1. The highest BCUT2D eigenvalue weighted by atomic mass is 32.1. The molecule has 1 aliphatic heterocycles. The molecular formula is C19H23N4O3S+. The summed E-state index contributed by atoms with van der Waals surface area (Å²) in [4.78, 5) is 39.9. The van der Waals surface area contributed by atoms with Crippen LogP contribution in [-0.4, -0.2) is 36.4 Å². The molecule has 0 spiro atoms. The molecule has 7 nitrogen and oxygen atoms in total. The van der Waals surface area contributed by atoms with E-state index in [4.69, 9.17) is 0 Å². The molecule has 8 heteroatoms. The summed E-state index contributed by atoms with van der Waals surface area (Å²) in [6.07, 6.45) is 0.386. The average molecular weight is 387 g/mol. The number of carbonyl (C=O) groups is 3. The van der Waals surface area contributed by atoms with E-state index < -0.39 is 17.5 Å². The minimum Gasteiger partial charge on any atom is -0.325 e. The third-order valence-electron chi connectivity index (χ3n) is 4.64. The fourth-order valence-electron chi connectivity index (χ4n) is 3.25. The van der Waals surface area contributed by atoms with Crippen LogP contribution in [0.3, 0.4) is 0 Å². The van der Waals surface area contributed by atoms with Crippen molar-refractivity contribution in [1.82, 2.24) is 15.8 Å². The van der Waals surface area contributed by atoms with E-state index >= 15 is 0 Å². The summed E-state index contributed by atoms with van der Waals surface area (Å²) in [6.45, 7) is 2.68. The second-order valence-electron chi connectivity index (χ2n) is 6.62. The van der Waals surface area contributed by atoms with Gasteiger partial charge in [0.05, 0.1) is 11.9 Å². The molecule has 2 heterocycles. The van der Waals surface area contributed by atoms with Gasteiger partial charge in [-0.05, 0) is 23.4 Å². The number of likely N-dealkylation sites (N-methyl/N-ethyl adjacent to an activating group) is 1. The maximum absolute atomic E-state index is 13.0. The van der Waals surface area contributed by atoms with Crippen molar-refractivity contribution in [3.63, 3.8) is 0 Å². The Morgan fingerprint density at radius 3 is 2.59 bits per heavy atom. The minimum absolute atomic E-state index is 0.152. The first kappa shape index (κ1) is 19.1. The lowest BCUT2D eigenvalue weighted by Crippen LogP contribution is -3.09. The molecule has 142 valence electrons. The van der Waals surface area contributed by atoms with Crippen LogP contribution in [0.1, 0.15) is 23.8 Å². The number of nitrogens with zero attached hydrogens (tertiary/aromatic N) is 1. The van der Waals surface area contributed by atoms with Crippen LogP contribution in [0.25, 0.3) is 0 Å². The summed E-state index contributed by atoms with van der Waals surface area (Å²) in [5.41, 5.74) is 2.01. The Hall–Kier alpha value is -2.71. The second kappa shape index (κ2) is 7.89. The van der Waals surface area contributed by atoms with E-state index in [2.05, 4.69) is 10.7 Å². The first-order chi connectivity index (χ1) is 13.0. The average Bonchev–Trinajstić information content (AvgIpc) is 3.24. The molecule has 1 aromatic heterocycles. The van der Waals surface area contributed by atoms with E-state index in [1.54, 1.807) is 23.5 Å².